The standard InChI is InChI=1S/C22H25N3O3S/c1-28-19-5-3-2-4-18(19)22(27)9-16-6-7-17(10-22)25(16)21(26)14-8-20(29-13-14)15(11-23)12-24/h2-5,8,11-13,16-17,23,27H,6-7,9-10,24H2,1H3/b15-12+,23-11?. The number of nitrogens with zero attached hydrogens (tertiary/aromatic N) is 1. The Balaban J connectivity index is 1.59. The van der Waals surface area contributed by atoms with Crippen molar-refractivity contribution in [2.75, 3.05) is 7.11 Å². The number of fused-ring (bicyclic) bond motifs is 2. The van der Waals surface area contributed by atoms with Crippen molar-refractivity contribution < 1.29 is 14.6 Å². The molecule has 4 N–H and O–H groups in total. The molecular formula is C22H25N3O3S. The number of thiophene rings is 1. The molecule has 2 atom stereocenters. The number of para-hydroxylation sites is 1. The molecule has 2 fully saturated rings. The normalized spacial score (nSPS) is 26.4. The lowest BCUT2D eigenvalue weighted by Gasteiger charge is -2.44. The number of aliphatic hydroxyl groups is 1. The first-order valence-electron chi connectivity index (χ1n) is 9.70. The van der Waals surface area contributed by atoms with E-state index in [1.807, 2.05) is 34.5 Å². The van der Waals surface area contributed by atoms with Crippen LogP contribution in [-0.4, -0.2) is 41.3 Å². The number of hydrogen-bond donors (Lipinski definition) is 3. The molecule has 2 aliphatic rings. The monoisotopic (exact) mass is 411 g/mol. The molecule has 2 saturated heterocycles. The topological polar surface area (TPSA) is 99.6 Å². The van der Waals surface area contributed by atoms with E-state index in [1.165, 1.54) is 23.8 Å². The summed E-state index contributed by atoms with van der Waals surface area (Å²) in [5.41, 5.74) is 6.58. The molecular weight excluding hydrogens is 386 g/mol. The third-order valence-electron chi connectivity index (χ3n) is 6.08. The van der Waals surface area contributed by atoms with E-state index in [2.05, 4.69) is 0 Å². The average molecular weight is 412 g/mol. The lowest BCUT2D eigenvalue weighted by molar-refractivity contribution is -0.0491. The molecule has 0 aliphatic carbocycles. The number of allylic oxidation sites excluding steroid dienone is 1. The van der Waals surface area contributed by atoms with E-state index < -0.39 is 5.60 Å². The van der Waals surface area contributed by atoms with Gasteiger partial charge in [0.1, 0.15) is 5.75 Å². The number of ether oxygens (including phenoxy) is 1. The summed E-state index contributed by atoms with van der Waals surface area (Å²) in [4.78, 5) is 16.0. The van der Waals surface area contributed by atoms with E-state index in [0.29, 0.717) is 29.7 Å². The third kappa shape index (κ3) is 3.34. The van der Waals surface area contributed by atoms with Crippen LogP contribution >= 0.6 is 11.3 Å². The van der Waals surface area contributed by atoms with E-state index in [-0.39, 0.29) is 18.0 Å². The summed E-state index contributed by atoms with van der Waals surface area (Å²) < 4.78 is 5.47. The molecule has 2 aromatic rings. The Morgan fingerprint density at radius 2 is 2.03 bits per heavy atom. The molecule has 1 aromatic heterocycles. The Hall–Kier alpha value is -2.64. The summed E-state index contributed by atoms with van der Waals surface area (Å²) in [7, 11) is 1.61. The number of benzene rings is 1. The predicted octanol–water partition coefficient (Wildman–Crippen LogP) is 3.36. The van der Waals surface area contributed by atoms with Crippen molar-refractivity contribution in [1.82, 2.24) is 4.90 Å². The van der Waals surface area contributed by atoms with Gasteiger partial charge in [-0.3, -0.25) is 4.79 Å². The number of nitrogens with two attached hydrogens (primary N) is 1. The lowest BCUT2D eigenvalue weighted by Crippen LogP contribution is -2.52. The zero-order valence-electron chi connectivity index (χ0n) is 16.3. The van der Waals surface area contributed by atoms with Crippen LogP contribution in [0.4, 0.5) is 0 Å². The molecule has 2 aliphatic heterocycles. The molecule has 4 rings (SSSR count). The van der Waals surface area contributed by atoms with Crippen LogP contribution in [0.15, 0.2) is 41.9 Å². The molecule has 0 spiro atoms. The largest absolute Gasteiger partial charge is 0.496 e. The van der Waals surface area contributed by atoms with Crippen molar-refractivity contribution in [2.45, 2.75) is 43.4 Å². The van der Waals surface area contributed by atoms with Gasteiger partial charge in [0.25, 0.3) is 5.91 Å². The van der Waals surface area contributed by atoms with Crippen LogP contribution in [0.2, 0.25) is 0 Å². The zero-order chi connectivity index (χ0) is 20.6. The van der Waals surface area contributed by atoms with Gasteiger partial charge >= 0.3 is 0 Å². The van der Waals surface area contributed by atoms with Gasteiger partial charge in [0.15, 0.2) is 0 Å². The SMILES string of the molecule is COc1ccccc1C1(O)CC2CCC(C1)N2C(=O)c1csc(/C(C=N)=C/N)c1. The van der Waals surface area contributed by atoms with E-state index >= 15 is 0 Å². The maximum Gasteiger partial charge on any atom is 0.255 e. The quantitative estimate of drug-likeness (QED) is 0.657. The molecule has 2 bridgehead atoms. The van der Waals surface area contributed by atoms with Crippen molar-refractivity contribution in [3.05, 3.63) is 57.9 Å². The van der Waals surface area contributed by atoms with Crippen molar-refractivity contribution in [3.8, 4) is 5.75 Å². The van der Waals surface area contributed by atoms with Crippen molar-refractivity contribution in [1.29, 1.82) is 5.41 Å². The van der Waals surface area contributed by atoms with Crippen LogP contribution in [0.5, 0.6) is 5.75 Å². The summed E-state index contributed by atoms with van der Waals surface area (Å²) in [6.07, 6.45) is 5.35. The highest BCUT2D eigenvalue weighted by atomic mass is 32.1. The molecule has 2 unspecified atom stereocenters. The van der Waals surface area contributed by atoms with Gasteiger partial charge in [0, 0.05) is 58.7 Å². The highest BCUT2D eigenvalue weighted by Gasteiger charge is 2.51. The Bertz CT molecular complexity index is 954. The first-order chi connectivity index (χ1) is 14.0. The highest BCUT2D eigenvalue weighted by molar-refractivity contribution is 7.11. The van der Waals surface area contributed by atoms with Crippen molar-refractivity contribution in [2.24, 2.45) is 5.73 Å². The van der Waals surface area contributed by atoms with E-state index in [1.54, 1.807) is 13.2 Å². The first kappa shape index (κ1) is 19.7. The van der Waals surface area contributed by atoms with Gasteiger partial charge in [-0.2, -0.15) is 0 Å². The highest BCUT2D eigenvalue weighted by Crippen LogP contribution is 2.48. The van der Waals surface area contributed by atoms with Crippen LogP contribution in [-0.2, 0) is 5.60 Å². The summed E-state index contributed by atoms with van der Waals surface area (Å²) in [5.74, 6) is 0.674. The number of carbonyl (C=O) groups is 1. The minimum Gasteiger partial charge on any atom is -0.496 e. The summed E-state index contributed by atoms with van der Waals surface area (Å²) >= 11 is 1.41. The second-order valence-corrected chi connectivity index (χ2v) is 8.61. The Kier molecular flexibility index (Phi) is 5.19. The van der Waals surface area contributed by atoms with Gasteiger partial charge in [0.05, 0.1) is 18.3 Å². The third-order valence-corrected chi connectivity index (χ3v) is 7.05. The van der Waals surface area contributed by atoms with Gasteiger partial charge in [-0.05, 0) is 25.0 Å². The minimum absolute atomic E-state index is 0.00762. The maximum absolute atomic E-state index is 13.3. The van der Waals surface area contributed by atoms with Crippen LogP contribution in [0.1, 0.15) is 46.5 Å². The Morgan fingerprint density at radius 1 is 1.34 bits per heavy atom. The number of nitrogens with one attached hydrogen (secondary N) is 1. The lowest BCUT2D eigenvalue weighted by atomic mass is 9.80. The van der Waals surface area contributed by atoms with Gasteiger partial charge in [-0.25, -0.2) is 0 Å². The smallest absolute Gasteiger partial charge is 0.255 e. The molecule has 1 amide bonds. The fraction of sp³-hybridized carbons (Fsp3) is 0.364. The molecule has 0 radical (unpaired) electrons. The molecule has 1 aromatic carbocycles. The second-order valence-electron chi connectivity index (χ2n) is 7.70. The number of piperidine rings is 1. The molecule has 3 heterocycles. The number of methoxy groups -OCH3 is 1. The van der Waals surface area contributed by atoms with Gasteiger partial charge in [-0.1, -0.05) is 18.2 Å². The van der Waals surface area contributed by atoms with Gasteiger partial charge < -0.3 is 25.9 Å². The molecule has 0 saturated carbocycles. The fourth-order valence-corrected chi connectivity index (χ4v) is 5.64. The average Bonchev–Trinajstić information content (AvgIpc) is 3.32. The number of hydrogen-bond acceptors (Lipinski definition) is 6. The number of amides is 1. The summed E-state index contributed by atoms with van der Waals surface area (Å²) in [6.45, 7) is 0. The molecule has 29 heavy (non-hydrogen) atoms. The first-order valence-corrected chi connectivity index (χ1v) is 10.6. The fourth-order valence-electron chi connectivity index (χ4n) is 4.76. The summed E-state index contributed by atoms with van der Waals surface area (Å²) in [5, 5.41) is 20.8. The molecule has 7 heteroatoms. The minimum atomic E-state index is -0.995. The molecule has 152 valence electrons. The van der Waals surface area contributed by atoms with E-state index in [0.717, 1.165) is 23.3 Å². The van der Waals surface area contributed by atoms with Crippen LogP contribution in [0.25, 0.3) is 5.57 Å². The second kappa shape index (κ2) is 7.65. The van der Waals surface area contributed by atoms with Crippen molar-refractivity contribution >= 4 is 29.0 Å². The van der Waals surface area contributed by atoms with Gasteiger partial charge in [-0.15, -0.1) is 11.3 Å². The van der Waals surface area contributed by atoms with E-state index in [4.69, 9.17) is 15.9 Å². The predicted molar refractivity (Wildman–Crippen MR) is 114 cm³/mol. The van der Waals surface area contributed by atoms with Crippen LogP contribution < -0.4 is 10.5 Å². The van der Waals surface area contributed by atoms with Crippen LogP contribution in [0, 0.1) is 5.41 Å². The van der Waals surface area contributed by atoms with E-state index in [9.17, 15) is 9.90 Å². The summed E-state index contributed by atoms with van der Waals surface area (Å²) in [6, 6.07) is 9.37. The Labute approximate surface area is 174 Å². The number of rotatable bonds is 5. The maximum atomic E-state index is 13.3. The zero-order valence-corrected chi connectivity index (χ0v) is 17.1. The van der Waals surface area contributed by atoms with Crippen LogP contribution in [0.3, 0.4) is 0 Å². The number of carbonyl (C=O) groups excluding carboxylic acids is 1. The van der Waals surface area contributed by atoms with Crippen molar-refractivity contribution in [3.63, 3.8) is 0 Å². The molecule has 6 nitrogen and oxygen atoms in total. The Morgan fingerprint density at radius 3 is 2.66 bits per heavy atom. The van der Waals surface area contributed by atoms with Gasteiger partial charge in [0.2, 0.25) is 0 Å².